The molecule has 0 bridgehead atoms. The second-order valence-corrected chi connectivity index (χ2v) is 10.4. The Balaban J connectivity index is 1.39. The first-order valence-electron chi connectivity index (χ1n) is 13.6. The van der Waals surface area contributed by atoms with Crippen molar-refractivity contribution in [2.75, 3.05) is 6.54 Å². The van der Waals surface area contributed by atoms with E-state index in [0.717, 1.165) is 24.0 Å². The van der Waals surface area contributed by atoms with Crippen LogP contribution in [-0.2, 0) is 19.6 Å². The third kappa shape index (κ3) is 6.46. The molecule has 1 aliphatic rings. The van der Waals surface area contributed by atoms with E-state index in [2.05, 4.69) is 58.8 Å². The molecule has 40 heavy (non-hydrogen) atoms. The fraction of sp³-hybridized carbons (Fsp3) is 0.273. The average molecular weight is 554 g/mol. The number of halogens is 1. The predicted molar refractivity (Wildman–Crippen MR) is 156 cm³/mol. The van der Waals surface area contributed by atoms with E-state index in [1.54, 1.807) is 12.3 Å². The van der Waals surface area contributed by atoms with Gasteiger partial charge < -0.3 is 19.9 Å². The first-order chi connectivity index (χ1) is 19.6. The van der Waals surface area contributed by atoms with Crippen LogP contribution < -0.4 is 14.8 Å². The van der Waals surface area contributed by atoms with Crippen LogP contribution >= 0.6 is 11.6 Å². The molecular formula is C33H32ClN3O3. The summed E-state index contributed by atoms with van der Waals surface area (Å²) in [5, 5.41) is 23.0. The molecule has 3 aromatic carbocycles. The number of benzene rings is 3. The van der Waals surface area contributed by atoms with Crippen molar-refractivity contribution in [3.63, 3.8) is 0 Å². The maximum atomic E-state index is 9.96. The van der Waals surface area contributed by atoms with E-state index >= 15 is 0 Å². The lowest BCUT2D eigenvalue weighted by molar-refractivity contribution is 0.167. The monoisotopic (exact) mass is 553 g/mol. The van der Waals surface area contributed by atoms with Crippen molar-refractivity contribution in [3.8, 4) is 28.7 Å². The molecule has 5 rings (SSSR count). The molecule has 0 radical (unpaired) electrons. The minimum absolute atomic E-state index is 0.121. The molecule has 0 aliphatic heterocycles. The molecule has 0 spiro atoms. The molecule has 0 fully saturated rings. The van der Waals surface area contributed by atoms with E-state index < -0.39 is 6.10 Å². The maximum absolute atomic E-state index is 9.96. The molecule has 1 aromatic heterocycles. The Bertz CT molecular complexity index is 1500. The number of aliphatic hydroxyl groups is 1. The van der Waals surface area contributed by atoms with E-state index in [4.69, 9.17) is 21.1 Å². The molecule has 0 saturated heterocycles. The summed E-state index contributed by atoms with van der Waals surface area (Å²) in [7, 11) is 0. The fourth-order valence-corrected chi connectivity index (χ4v) is 5.26. The Morgan fingerprint density at radius 2 is 1.95 bits per heavy atom. The van der Waals surface area contributed by atoms with Crippen molar-refractivity contribution < 1.29 is 14.6 Å². The van der Waals surface area contributed by atoms with Gasteiger partial charge in [-0.2, -0.15) is 5.26 Å². The second-order valence-electron chi connectivity index (χ2n) is 9.95. The van der Waals surface area contributed by atoms with Gasteiger partial charge in [0.25, 0.3) is 0 Å². The zero-order chi connectivity index (χ0) is 27.9. The zero-order valence-corrected chi connectivity index (χ0v) is 23.2. The fourth-order valence-electron chi connectivity index (χ4n) is 5.03. The number of hydrogen-bond acceptors (Lipinski definition) is 6. The average Bonchev–Trinajstić information content (AvgIpc) is 3.41. The highest BCUT2D eigenvalue weighted by Crippen LogP contribution is 2.42. The van der Waals surface area contributed by atoms with Gasteiger partial charge in [0.1, 0.15) is 30.3 Å². The Morgan fingerprint density at radius 3 is 2.75 bits per heavy atom. The summed E-state index contributed by atoms with van der Waals surface area (Å²) in [6.45, 7) is 3.11. The number of aromatic nitrogens is 1. The smallest absolute Gasteiger partial charge is 0.142 e. The topological polar surface area (TPSA) is 87.4 Å². The lowest BCUT2D eigenvalue weighted by Crippen LogP contribution is -2.25. The Hall–Kier alpha value is -3.89. The number of nitrogens with one attached hydrogen (secondary N) is 1. The van der Waals surface area contributed by atoms with Gasteiger partial charge in [-0.15, -0.1) is 0 Å². The molecule has 6 nitrogen and oxygen atoms in total. The molecule has 7 heteroatoms. The number of hydrogen-bond donors (Lipinski definition) is 2. The normalized spacial score (nSPS) is 14.8. The molecule has 1 heterocycles. The number of pyridine rings is 1. The molecule has 1 aliphatic carbocycles. The van der Waals surface area contributed by atoms with Gasteiger partial charge >= 0.3 is 0 Å². The van der Waals surface area contributed by atoms with E-state index in [-0.39, 0.29) is 12.7 Å². The highest BCUT2D eigenvalue weighted by molar-refractivity contribution is 6.32. The molecule has 0 amide bonds. The van der Waals surface area contributed by atoms with Gasteiger partial charge in [-0.05, 0) is 53.6 Å². The molecule has 204 valence electrons. The van der Waals surface area contributed by atoms with Crippen molar-refractivity contribution in [1.82, 2.24) is 10.3 Å². The second kappa shape index (κ2) is 13.0. The van der Waals surface area contributed by atoms with Crippen LogP contribution in [0.5, 0.6) is 11.5 Å². The van der Waals surface area contributed by atoms with Crippen molar-refractivity contribution in [3.05, 3.63) is 112 Å². The van der Waals surface area contributed by atoms with Crippen LogP contribution in [-0.4, -0.2) is 22.7 Å². The van der Waals surface area contributed by atoms with Crippen LogP contribution in [0.4, 0.5) is 0 Å². The summed E-state index contributed by atoms with van der Waals surface area (Å²) < 4.78 is 12.8. The highest BCUT2D eigenvalue weighted by Gasteiger charge is 2.27. The molecular weight excluding hydrogens is 522 g/mol. The third-order valence-electron chi connectivity index (χ3n) is 7.17. The number of aliphatic hydroxyl groups excluding tert-OH is 1. The minimum atomic E-state index is -0.426. The predicted octanol–water partition coefficient (Wildman–Crippen LogP) is 6.78. The highest BCUT2D eigenvalue weighted by atomic mass is 35.5. The van der Waals surface area contributed by atoms with Crippen molar-refractivity contribution >= 4 is 11.6 Å². The quantitative estimate of drug-likeness (QED) is 0.213. The van der Waals surface area contributed by atoms with Gasteiger partial charge in [-0.25, -0.2) is 0 Å². The van der Waals surface area contributed by atoms with Crippen molar-refractivity contribution in [1.29, 1.82) is 5.26 Å². The van der Waals surface area contributed by atoms with Crippen LogP contribution in [0.1, 0.15) is 53.7 Å². The van der Waals surface area contributed by atoms with Gasteiger partial charge in [0.15, 0.2) is 0 Å². The van der Waals surface area contributed by atoms with Crippen LogP contribution in [0.2, 0.25) is 5.02 Å². The molecule has 4 aromatic rings. The number of rotatable bonds is 11. The summed E-state index contributed by atoms with van der Waals surface area (Å²) in [6.07, 6.45) is 5.11. The molecule has 2 N–H and O–H groups in total. The van der Waals surface area contributed by atoms with Crippen LogP contribution in [0, 0.1) is 11.3 Å². The van der Waals surface area contributed by atoms with Gasteiger partial charge in [-0.3, -0.25) is 4.98 Å². The number of nitriles is 1. The van der Waals surface area contributed by atoms with Crippen LogP contribution in [0.15, 0.2) is 79.1 Å². The number of ether oxygens (including phenoxy) is 2. The summed E-state index contributed by atoms with van der Waals surface area (Å²) in [6, 6.07) is 24.4. The Kier molecular flexibility index (Phi) is 8.98. The minimum Gasteiger partial charge on any atom is -0.488 e. The molecule has 0 unspecified atom stereocenters. The first-order valence-corrected chi connectivity index (χ1v) is 14.0. The van der Waals surface area contributed by atoms with E-state index in [9.17, 15) is 10.4 Å². The van der Waals surface area contributed by atoms with E-state index in [1.807, 2.05) is 25.1 Å². The van der Waals surface area contributed by atoms with Gasteiger partial charge in [0.05, 0.1) is 16.7 Å². The zero-order valence-electron chi connectivity index (χ0n) is 22.4. The summed E-state index contributed by atoms with van der Waals surface area (Å²) in [4.78, 5) is 4.13. The van der Waals surface area contributed by atoms with Crippen LogP contribution in [0.3, 0.4) is 0 Å². The maximum Gasteiger partial charge on any atom is 0.142 e. The van der Waals surface area contributed by atoms with Gasteiger partial charge in [0.2, 0.25) is 0 Å². The Morgan fingerprint density at radius 1 is 1.10 bits per heavy atom. The van der Waals surface area contributed by atoms with Gasteiger partial charge in [-0.1, -0.05) is 67.1 Å². The third-order valence-corrected chi connectivity index (χ3v) is 7.47. The number of nitrogens with zero attached hydrogens (tertiary/aromatic N) is 2. The standard InChI is InChI=1S/C33H32ClN3O3/c1-2-26(38)20-37-19-25-14-30(34)33(15-32(25)39-21-23-13-22(16-35)17-36-18-23)40-31-12-11-28-27(9-6-10-29(28)31)24-7-4-3-5-8-24/h3-10,13-15,17-18,26,31,37-38H,2,11-12,19-21H2,1H3/t26-,31+/m0/s1. The lowest BCUT2D eigenvalue weighted by atomic mass is 9.97. The lowest BCUT2D eigenvalue weighted by Gasteiger charge is -2.20. The molecule has 2 atom stereocenters. The SMILES string of the molecule is CC[C@H](O)CNCc1cc(Cl)c(O[C@@H]2CCc3c(-c4ccccc4)cccc32)cc1OCc1cncc(C#N)c1. The summed E-state index contributed by atoms with van der Waals surface area (Å²) >= 11 is 6.76. The molecule has 0 saturated carbocycles. The van der Waals surface area contributed by atoms with E-state index in [1.165, 1.54) is 28.5 Å². The van der Waals surface area contributed by atoms with E-state index in [0.29, 0.717) is 41.6 Å². The number of fused-ring (bicyclic) bond motifs is 1. The first kappa shape index (κ1) is 27.7. The van der Waals surface area contributed by atoms with Crippen molar-refractivity contribution in [2.45, 2.75) is 51.5 Å². The summed E-state index contributed by atoms with van der Waals surface area (Å²) in [5.74, 6) is 1.18. The largest absolute Gasteiger partial charge is 0.488 e. The van der Waals surface area contributed by atoms with Crippen molar-refractivity contribution in [2.24, 2.45) is 0 Å². The van der Waals surface area contributed by atoms with Crippen LogP contribution in [0.25, 0.3) is 11.1 Å². The Labute approximate surface area is 240 Å². The summed E-state index contributed by atoms with van der Waals surface area (Å²) in [5.41, 5.74) is 7.05. The van der Waals surface area contributed by atoms with Gasteiger partial charge in [0, 0.05) is 42.7 Å².